The van der Waals surface area contributed by atoms with Gasteiger partial charge in [0.25, 0.3) is 0 Å². The first-order chi connectivity index (χ1) is 13.3. The summed E-state index contributed by atoms with van der Waals surface area (Å²) in [4.78, 5) is 4.16. The quantitative estimate of drug-likeness (QED) is 0.342. The molecule has 142 valence electrons. The molecule has 0 unspecified atom stereocenters. The van der Waals surface area contributed by atoms with E-state index in [1.54, 1.807) is 24.3 Å². The zero-order valence-corrected chi connectivity index (χ0v) is 17.0. The van der Waals surface area contributed by atoms with Crippen molar-refractivity contribution < 1.29 is 17.0 Å². The van der Waals surface area contributed by atoms with Crippen LogP contribution in [-0.2, 0) is 10.1 Å². The van der Waals surface area contributed by atoms with Crippen LogP contribution in [0, 0.1) is 0 Å². The highest BCUT2D eigenvalue weighted by atomic mass is 35.5. The molecule has 0 saturated heterocycles. The Labute approximate surface area is 175 Å². The van der Waals surface area contributed by atoms with Gasteiger partial charge < -0.3 is 8.60 Å². The van der Waals surface area contributed by atoms with Crippen molar-refractivity contribution in [1.29, 1.82) is 0 Å². The molecule has 1 aromatic heterocycles. The van der Waals surface area contributed by atoms with Crippen molar-refractivity contribution >= 4 is 56.0 Å². The van der Waals surface area contributed by atoms with E-state index in [1.807, 2.05) is 12.1 Å². The van der Waals surface area contributed by atoms with Crippen LogP contribution in [0.2, 0.25) is 15.1 Å². The number of benzene rings is 3. The first-order valence-electron chi connectivity index (χ1n) is 7.88. The van der Waals surface area contributed by atoms with E-state index in [4.69, 9.17) is 43.4 Å². The highest BCUT2D eigenvalue weighted by Crippen LogP contribution is 2.36. The lowest BCUT2D eigenvalue weighted by molar-refractivity contribution is 0.485. The first kappa shape index (κ1) is 19.1. The monoisotopic (exact) mass is 453 g/mol. The summed E-state index contributed by atoms with van der Waals surface area (Å²) in [6, 6.07) is 15.7. The lowest BCUT2D eigenvalue weighted by atomic mass is 10.2. The van der Waals surface area contributed by atoms with Crippen molar-refractivity contribution in [1.82, 2.24) is 4.98 Å². The second-order valence-electron chi connectivity index (χ2n) is 5.74. The summed E-state index contributed by atoms with van der Waals surface area (Å²) in [7, 11) is -4.26. The number of hydrogen-bond acceptors (Lipinski definition) is 5. The Hall–Kier alpha value is -2.25. The second kappa shape index (κ2) is 7.29. The van der Waals surface area contributed by atoms with Gasteiger partial charge in [0.05, 0.1) is 10.6 Å². The molecular weight excluding hydrogens is 445 g/mol. The van der Waals surface area contributed by atoms with E-state index in [1.165, 1.54) is 24.3 Å². The molecule has 0 atom stereocenters. The fourth-order valence-electron chi connectivity index (χ4n) is 2.57. The van der Waals surface area contributed by atoms with Crippen LogP contribution in [0.4, 0.5) is 0 Å². The van der Waals surface area contributed by atoms with Crippen molar-refractivity contribution in [3.63, 3.8) is 0 Å². The Morgan fingerprint density at radius 1 is 0.893 bits per heavy atom. The smallest absolute Gasteiger partial charge is 0.340 e. The fraction of sp³-hybridized carbons (Fsp3) is 0. The molecule has 0 spiro atoms. The van der Waals surface area contributed by atoms with Crippen molar-refractivity contribution in [2.24, 2.45) is 0 Å². The van der Waals surface area contributed by atoms with Crippen LogP contribution < -0.4 is 4.18 Å². The van der Waals surface area contributed by atoms with E-state index < -0.39 is 10.1 Å². The number of hydrogen-bond donors (Lipinski definition) is 0. The molecule has 0 aliphatic rings. The third-order valence-electron chi connectivity index (χ3n) is 3.83. The molecule has 0 aliphatic heterocycles. The largest absolute Gasteiger partial charge is 0.436 e. The molecule has 0 N–H and O–H groups in total. The predicted molar refractivity (Wildman–Crippen MR) is 109 cm³/mol. The Bertz CT molecular complexity index is 1270. The van der Waals surface area contributed by atoms with Crippen LogP contribution >= 0.6 is 34.8 Å². The number of halogens is 3. The zero-order chi connectivity index (χ0) is 19.9. The minimum atomic E-state index is -4.26. The van der Waals surface area contributed by atoms with Gasteiger partial charge in [-0.1, -0.05) is 46.9 Å². The van der Waals surface area contributed by atoms with Crippen molar-refractivity contribution in [2.45, 2.75) is 4.90 Å². The van der Waals surface area contributed by atoms with Crippen molar-refractivity contribution in [3.05, 3.63) is 75.7 Å². The Morgan fingerprint density at radius 3 is 2.36 bits per heavy atom. The topological polar surface area (TPSA) is 69.4 Å². The van der Waals surface area contributed by atoms with Gasteiger partial charge in [0.1, 0.15) is 10.4 Å². The minimum Gasteiger partial charge on any atom is -0.436 e. The van der Waals surface area contributed by atoms with Crippen LogP contribution in [-0.4, -0.2) is 13.4 Å². The van der Waals surface area contributed by atoms with E-state index in [9.17, 15) is 8.42 Å². The van der Waals surface area contributed by atoms with Gasteiger partial charge in [-0.25, -0.2) is 4.98 Å². The maximum Gasteiger partial charge on any atom is 0.340 e. The summed E-state index contributed by atoms with van der Waals surface area (Å²) < 4.78 is 36.6. The van der Waals surface area contributed by atoms with E-state index in [0.29, 0.717) is 21.7 Å². The molecule has 0 amide bonds. The maximum atomic E-state index is 12.8. The zero-order valence-electron chi connectivity index (χ0n) is 13.9. The SMILES string of the molecule is O=S(=O)(Oc1cc(Cl)ccc1-c1nc2ccccc2o1)c1ccc(Cl)cc1Cl. The molecule has 1 heterocycles. The van der Waals surface area contributed by atoms with Gasteiger partial charge in [0, 0.05) is 16.1 Å². The summed E-state index contributed by atoms with van der Waals surface area (Å²) in [6.07, 6.45) is 0. The van der Waals surface area contributed by atoms with Gasteiger partial charge in [0.15, 0.2) is 11.3 Å². The molecule has 0 fully saturated rings. The van der Waals surface area contributed by atoms with Crippen LogP contribution in [0.25, 0.3) is 22.6 Å². The summed E-state index contributed by atoms with van der Waals surface area (Å²) >= 11 is 17.9. The third kappa shape index (κ3) is 3.69. The molecule has 4 rings (SSSR count). The number of aromatic nitrogens is 1. The molecule has 0 aliphatic carbocycles. The summed E-state index contributed by atoms with van der Waals surface area (Å²) in [5.41, 5.74) is 1.51. The lowest BCUT2D eigenvalue weighted by Crippen LogP contribution is -2.11. The van der Waals surface area contributed by atoms with Crippen LogP contribution in [0.1, 0.15) is 0 Å². The van der Waals surface area contributed by atoms with Crippen LogP contribution in [0.5, 0.6) is 5.75 Å². The number of para-hydroxylation sites is 2. The molecule has 3 aromatic carbocycles. The van der Waals surface area contributed by atoms with Gasteiger partial charge in [-0.2, -0.15) is 8.42 Å². The summed E-state index contributed by atoms with van der Waals surface area (Å²) in [5.74, 6) is 0.162. The van der Waals surface area contributed by atoms with Crippen molar-refractivity contribution in [2.75, 3.05) is 0 Å². The molecule has 28 heavy (non-hydrogen) atoms. The number of oxazole rings is 1. The Morgan fingerprint density at radius 2 is 1.61 bits per heavy atom. The molecule has 9 heteroatoms. The van der Waals surface area contributed by atoms with Gasteiger partial charge >= 0.3 is 10.1 Å². The highest BCUT2D eigenvalue weighted by Gasteiger charge is 2.24. The first-order valence-corrected chi connectivity index (χ1v) is 10.4. The molecule has 0 bridgehead atoms. The molecule has 0 saturated carbocycles. The second-order valence-corrected chi connectivity index (χ2v) is 8.53. The number of nitrogens with zero attached hydrogens (tertiary/aromatic N) is 1. The Balaban J connectivity index is 1.80. The van der Waals surface area contributed by atoms with Crippen molar-refractivity contribution in [3.8, 4) is 17.2 Å². The highest BCUT2D eigenvalue weighted by molar-refractivity contribution is 7.87. The lowest BCUT2D eigenvalue weighted by Gasteiger charge is -2.11. The normalized spacial score (nSPS) is 11.7. The fourth-order valence-corrected chi connectivity index (χ4v) is 4.42. The predicted octanol–water partition coefficient (Wildman–Crippen LogP) is 6.22. The number of fused-ring (bicyclic) bond motifs is 1. The maximum absolute atomic E-state index is 12.8. The van der Waals surface area contributed by atoms with Crippen LogP contribution in [0.15, 0.2) is 70.0 Å². The average molecular weight is 455 g/mol. The van der Waals surface area contributed by atoms with Crippen LogP contribution in [0.3, 0.4) is 0 Å². The molecule has 5 nitrogen and oxygen atoms in total. The molecular formula is C19H10Cl3NO4S. The molecule has 0 radical (unpaired) electrons. The van der Waals surface area contributed by atoms with Gasteiger partial charge in [0.2, 0.25) is 5.89 Å². The number of rotatable bonds is 4. The van der Waals surface area contributed by atoms with E-state index >= 15 is 0 Å². The average Bonchev–Trinajstić information content (AvgIpc) is 3.04. The standard InChI is InChI=1S/C19H10Cl3NO4S/c20-11-6-8-18(14(22)9-11)28(24,25)27-17-10-12(21)5-7-13(17)19-23-15-3-1-2-4-16(15)26-19/h1-10H. The Kier molecular flexibility index (Phi) is 4.97. The van der Waals surface area contributed by atoms with E-state index in [-0.39, 0.29) is 26.6 Å². The molecule has 4 aromatic rings. The van der Waals surface area contributed by atoms with Gasteiger partial charge in [-0.05, 0) is 42.5 Å². The summed E-state index contributed by atoms with van der Waals surface area (Å²) in [6.45, 7) is 0. The minimum absolute atomic E-state index is 0.0370. The van der Waals surface area contributed by atoms with Gasteiger partial charge in [-0.15, -0.1) is 0 Å². The summed E-state index contributed by atoms with van der Waals surface area (Å²) in [5, 5.41) is 0.532. The van der Waals surface area contributed by atoms with E-state index in [0.717, 1.165) is 0 Å². The van der Waals surface area contributed by atoms with Gasteiger partial charge in [-0.3, -0.25) is 0 Å². The third-order valence-corrected chi connectivity index (χ3v) is 6.02. The van der Waals surface area contributed by atoms with E-state index in [2.05, 4.69) is 4.98 Å².